The molecule has 0 spiro atoms. The highest BCUT2D eigenvalue weighted by molar-refractivity contribution is 8.23. The van der Waals surface area contributed by atoms with Gasteiger partial charge in [-0.3, -0.25) is 29.9 Å². The molecule has 4 rings (SSSR count). The second kappa shape index (κ2) is 14.9. The fourth-order valence-electron chi connectivity index (χ4n) is 4.36. The number of rotatable bonds is 14. The normalized spacial score (nSPS) is 17.5. The second-order valence-corrected chi connectivity index (χ2v) is 12.6. The number of nitrogens with one attached hydrogen (secondary N) is 2. The van der Waals surface area contributed by atoms with E-state index < -0.39 is 56.6 Å². The fraction of sp³-hybridized carbons (Fsp3) is 0.333. The van der Waals surface area contributed by atoms with Crippen molar-refractivity contribution in [2.24, 2.45) is 5.92 Å². The van der Waals surface area contributed by atoms with Crippen LogP contribution in [0.4, 0.5) is 21.0 Å². The van der Waals surface area contributed by atoms with Crippen LogP contribution in [0.15, 0.2) is 58.5 Å². The minimum Gasteiger partial charge on any atom is -0.477 e. The number of ether oxygens (including phenoxy) is 2. The summed E-state index contributed by atoms with van der Waals surface area (Å²) in [7, 11) is 0. The number of hydrogen-bond acceptors (Lipinski definition) is 13. The van der Waals surface area contributed by atoms with Gasteiger partial charge in [0, 0.05) is 42.6 Å². The number of thioether (sulfide) groups is 2. The van der Waals surface area contributed by atoms with Gasteiger partial charge in [0.25, 0.3) is 11.4 Å². The number of carboxylic acids is 1. The Balaban J connectivity index is 1.38. The molecule has 46 heavy (non-hydrogen) atoms. The van der Waals surface area contributed by atoms with Crippen LogP contribution in [0, 0.1) is 26.1 Å². The molecule has 2 heterocycles. The van der Waals surface area contributed by atoms with E-state index >= 15 is 0 Å². The number of β-lactam (4-membered cyclic amide) rings is 1. The molecule has 0 radical (unpaired) electrons. The average molecular weight is 678 g/mol. The number of alkyl carbamates (subject to hydrolysis) is 2. The monoisotopic (exact) mass is 677 g/mol. The van der Waals surface area contributed by atoms with Crippen molar-refractivity contribution in [1.29, 1.82) is 0 Å². The molecule has 2 aliphatic heterocycles. The molecule has 3 amide bonds. The van der Waals surface area contributed by atoms with Gasteiger partial charge >= 0.3 is 18.2 Å². The van der Waals surface area contributed by atoms with Crippen molar-refractivity contribution in [2.45, 2.75) is 36.9 Å². The molecule has 0 saturated carbocycles. The summed E-state index contributed by atoms with van der Waals surface area (Å²) in [6, 6.07) is 10.8. The van der Waals surface area contributed by atoms with E-state index in [2.05, 4.69) is 10.6 Å². The summed E-state index contributed by atoms with van der Waals surface area (Å²) in [6.45, 7) is 0.772. The highest BCUT2D eigenvalue weighted by atomic mass is 32.2. The van der Waals surface area contributed by atoms with Gasteiger partial charge < -0.3 is 30.3 Å². The van der Waals surface area contributed by atoms with E-state index in [4.69, 9.17) is 9.47 Å². The number of benzene rings is 2. The van der Waals surface area contributed by atoms with Crippen LogP contribution in [0.2, 0.25) is 0 Å². The zero-order valence-electron chi connectivity index (χ0n) is 23.9. The Kier molecular flexibility index (Phi) is 11.0. The average Bonchev–Trinajstić information content (AvgIpc) is 3.34. The molecule has 244 valence electrons. The van der Waals surface area contributed by atoms with Gasteiger partial charge in [0.15, 0.2) is 5.70 Å². The maximum Gasteiger partial charge on any atom is 0.407 e. The van der Waals surface area contributed by atoms with Gasteiger partial charge in [0.1, 0.15) is 18.6 Å². The number of carbonyl (C=O) groups is 4. The Morgan fingerprint density at radius 2 is 1.39 bits per heavy atom. The number of fused-ring (bicyclic) bond motifs is 1. The first kappa shape index (κ1) is 34.0. The van der Waals surface area contributed by atoms with Crippen molar-refractivity contribution >= 4 is 59.0 Å². The van der Waals surface area contributed by atoms with Crippen LogP contribution >= 0.6 is 23.5 Å². The van der Waals surface area contributed by atoms with E-state index in [9.17, 15) is 49.6 Å². The highest BCUT2D eigenvalue weighted by Gasteiger charge is 2.58. The zero-order valence-corrected chi connectivity index (χ0v) is 25.5. The van der Waals surface area contributed by atoms with Crippen LogP contribution in [0.3, 0.4) is 0 Å². The Bertz CT molecular complexity index is 1470. The van der Waals surface area contributed by atoms with E-state index in [1.165, 1.54) is 55.5 Å². The highest BCUT2D eigenvalue weighted by Crippen LogP contribution is 2.54. The summed E-state index contributed by atoms with van der Waals surface area (Å²) in [5.74, 6) is -2.69. The number of hydrogen-bond donors (Lipinski definition) is 4. The van der Waals surface area contributed by atoms with Crippen molar-refractivity contribution in [1.82, 2.24) is 15.5 Å². The number of aliphatic carboxylic acids is 1. The topological polar surface area (TPSA) is 241 Å². The number of nitrogens with zero attached hydrogens (tertiary/aromatic N) is 3. The molecule has 2 aliphatic rings. The lowest BCUT2D eigenvalue weighted by atomic mass is 9.92. The molecule has 0 bridgehead atoms. The van der Waals surface area contributed by atoms with Gasteiger partial charge in [0.05, 0.1) is 26.1 Å². The number of nitro groups is 2. The molecule has 2 aromatic rings. The van der Waals surface area contributed by atoms with Crippen LogP contribution < -0.4 is 10.6 Å². The molecule has 1 saturated heterocycles. The minimum atomic E-state index is -1.36. The third kappa shape index (κ3) is 8.23. The standard InChI is InChI=1S/C27H27N5O12S2/c1-14(33)20-22(34)30-21(24(35)36)25(46-23(20)30)45-19(10-28-26(37)43-12-15-2-6-17(7-3-15)31(39)40)11-29-27(38)44-13-16-4-8-18(9-5-16)32(41)42/h2-9,14,19-20,23,33H,10-13H2,1H3,(H,28,37)(H,29,38)(H,35,36)/t14?,20-,23+/m0/s1. The molecule has 0 aliphatic carbocycles. The van der Waals surface area contributed by atoms with Crippen LogP contribution in [-0.4, -0.2) is 78.8 Å². The third-order valence-electron chi connectivity index (χ3n) is 6.72. The van der Waals surface area contributed by atoms with Gasteiger partial charge in [-0.05, 0) is 42.3 Å². The Morgan fingerprint density at radius 3 is 1.78 bits per heavy atom. The number of amides is 3. The van der Waals surface area contributed by atoms with E-state index in [-0.39, 0.29) is 47.6 Å². The zero-order chi connectivity index (χ0) is 33.5. The van der Waals surface area contributed by atoms with E-state index in [0.717, 1.165) is 28.4 Å². The Labute approximate surface area is 268 Å². The molecular weight excluding hydrogens is 650 g/mol. The first-order chi connectivity index (χ1) is 21.8. The van der Waals surface area contributed by atoms with Gasteiger partial charge in [-0.25, -0.2) is 14.4 Å². The second-order valence-electron chi connectivity index (χ2n) is 9.93. The lowest BCUT2D eigenvalue weighted by Gasteiger charge is -2.43. The molecule has 2 aromatic carbocycles. The lowest BCUT2D eigenvalue weighted by Crippen LogP contribution is -2.60. The Morgan fingerprint density at radius 1 is 0.935 bits per heavy atom. The van der Waals surface area contributed by atoms with Gasteiger partial charge in [-0.2, -0.15) is 0 Å². The summed E-state index contributed by atoms with van der Waals surface area (Å²) < 4.78 is 10.6. The van der Waals surface area contributed by atoms with E-state index in [1.807, 2.05) is 0 Å². The van der Waals surface area contributed by atoms with Gasteiger partial charge in [-0.1, -0.05) is 11.8 Å². The van der Waals surface area contributed by atoms with Gasteiger partial charge in [0.2, 0.25) is 5.91 Å². The maximum absolute atomic E-state index is 12.6. The molecule has 4 N–H and O–H groups in total. The summed E-state index contributed by atoms with van der Waals surface area (Å²) in [4.78, 5) is 71.2. The number of carboxylic acid groups (broad SMARTS) is 1. The Hall–Kier alpha value is -4.88. The van der Waals surface area contributed by atoms with Gasteiger partial charge in [-0.15, -0.1) is 11.8 Å². The lowest BCUT2D eigenvalue weighted by molar-refractivity contribution is -0.385. The van der Waals surface area contributed by atoms with Crippen LogP contribution in [0.5, 0.6) is 0 Å². The largest absolute Gasteiger partial charge is 0.477 e. The summed E-state index contributed by atoms with van der Waals surface area (Å²) in [5, 5.41) is 45.2. The first-order valence-corrected chi connectivity index (χ1v) is 15.2. The number of nitro benzene ring substituents is 2. The summed E-state index contributed by atoms with van der Waals surface area (Å²) in [6.07, 6.45) is -2.72. The number of non-ortho nitro benzene ring substituents is 2. The quantitative estimate of drug-likeness (QED) is 0.128. The van der Waals surface area contributed by atoms with E-state index in [1.54, 1.807) is 0 Å². The van der Waals surface area contributed by atoms with Crippen molar-refractivity contribution in [3.63, 3.8) is 0 Å². The molecule has 1 fully saturated rings. The van der Waals surface area contributed by atoms with Crippen LogP contribution in [0.1, 0.15) is 18.1 Å². The molecule has 19 heteroatoms. The number of aliphatic hydroxyl groups excluding tert-OH is 1. The predicted molar refractivity (Wildman–Crippen MR) is 162 cm³/mol. The first-order valence-electron chi connectivity index (χ1n) is 13.5. The van der Waals surface area contributed by atoms with Crippen molar-refractivity contribution in [3.05, 3.63) is 89.8 Å². The molecule has 17 nitrogen and oxygen atoms in total. The molecule has 0 aromatic heterocycles. The number of carbonyl (C=O) groups excluding carboxylic acids is 3. The van der Waals surface area contributed by atoms with E-state index in [0.29, 0.717) is 11.1 Å². The maximum atomic E-state index is 12.6. The SMILES string of the molecule is CC(O)[C@H]1C(=O)N2C(C(=O)O)=C(SC(CNC(=O)OCc3ccc([N+](=O)[O-])cc3)CNC(=O)OCc3ccc([N+](=O)[O-])cc3)S[C@H]12. The fourth-order valence-corrected chi connectivity index (χ4v) is 7.54. The predicted octanol–water partition coefficient (Wildman–Crippen LogP) is 2.92. The molecule has 3 atom stereocenters. The van der Waals surface area contributed by atoms with Crippen LogP contribution in [0.25, 0.3) is 0 Å². The molecule has 1 unspecified atom stereocenters. The van der Waals surface area contributed by atoms with Crippen LogP contribution in [-0.2, 0) is 32.3 Å². The van der Waals surface area contributed by atoms with Crippen molar-refractivity contribution < 1.29 is 48.7 Å². The molecular formula is C27H27N5O12S2. The third-order valence-corrected chi connectivity index (χ3v) is 9.53. The minimum absolute atomic E-state index is 0.127. The van der Waals surface area contributed by atoms with Crippen molar-refractivity contribution in [2.75, 3.05) is 13.1 Å². The smallest absolute Gasteiger partial charge is 0.407 e. The summed E-state index contributed by atoms with van der Waals surface area (Å²) >= 11 is 2.07. The summed E-state index contributed by atoms with van der Waals surface area (Å²) in [5.41, 5.74) is 0.457. The van der Waals surface area contributed by atoms with Crippen molar-refractivity contribution in [3.8, 4) is 0 Å². The number of aliphatic hydroxyl groups is 1.